The zero-order chi connectivity index (χ0) is 10.1. The van der Waals surface area contributed by atoms with E-state index in [4.69, 9.17) is 9.52 Å². The SMILES string of the molecule is Cc1oc(C2CCC2)nc1CC(=O)O. The van der Waals surface area contributed by atoms with E-state index in [-0.39, 0.29) is 6.42 Å². The molecule has 1 fully saturated rings. The minimum atomic E-state index is -0.860. The summed E-state index contributed by atoms with van der Waals surface area (Å²) >= 11 is 0. The van der Waals surface area contributed by atoms with Crippen molar-refractivity contribution in [1.82, 2.24) is 4.98 Å². The van der Waals surface area contributed by atoms with Gasteiger partial charge in [0.05, 0.1) is 12.1 Å². The number of carboxylic acid groups (broad SMARTS) is 1. The molecule has 0 saturated heterocycles. The molecule has 0 atom stereocenters. The lowest BCUT2D eigenvalue weighted by molar-refractivity contribution is -0.136. The van der Waals surface area contributed by atoms with Crippen LogP contribution in [0.3, 0.4) is 0 Å². The van der Waals surface area contributed by atoms with E-state index in [1.165, 1.54) is 6.42 Å². The predicted molar refractivity (Wildman–Crippen MR) is 49.2 cm³/mol. The van der Waals surface area contributed by atoms with Crippen LogP contribution in [0.25, 0.3) is 0 Å². The second kappa shape index (κ2) is 3.44. The number of hydrogen-bond acceptors (Lipinski definition) is 3. The largest absolute Gasteiger partial charge is 0.481 e. The molecule has 4 nitrogen and oxygen atoms in total. The van der Waals surface area contributed by atoms with E-state index >= 15 is 0 Å². The Morgan fingerprint density at radius 2 is 2.36 bits per heavy atom. The van der Waals surface area contributed by atoms with Gasteiger partial charge in [-0.3, -0.25) is 4.79 Å². The fourth-order valence-electron chi connectivity index (χ4n) is 1.59. The van der Waals surface area contributed by atoms with Crippen molar-refractivity contribution in [2.24, 2.45) is 0 Å². The average molecular weight is 195 g/mol. The van der Waals surface area contributed by atoms with Gasteiger partial charge in [-0.25, -0.2) is 4.98 Å². The number of aryl methyl sites for hydroxylation is 1. The fraction of sp³-hybridized carbons (Fsp3) is 0.600. The molecule has 1 aliphatic rings. The van der Waals surface area contributed by atoms with Crippen molar-refractivity contribution in [1.29, 1.82) is 0 Å². The van der Waals surface area contributed by atoms with Crippen LogP contribution < -0.4 is 0 Å². The van der Waals surface area contributed by atoms with Gasteiger partial charge in [-0.2, -0.15) is 0 Å². The van der Waals surface area contributed by atoms with Crippen LogP contribution in [0.5, 0.6) is 0 Å². The summed E-state index contributed by atoms with van der Waals surface area (Å²) in [6.07, 6.45) is 3.42. The Morgan fingerprint density at radius 3 is 2.86 bits per heavy atom. The molecule has 76 valence electrons. The zero-order valence-electron chi connectivity index (χ0n) is 8.12. The highest BCUT2D eigenvalue weighted by atomic mass is 16.4. The highest BCUT2D eigenvalue weighted by Gasteiger charge is 2.25. The van der Waals surface area contributed by atoms with Gasteiger partial charge in [-0.15, -0.1) is 0 Å². The maximum atomic E-state index is 10.5. The van der Waals surface area contributed by atoms with Crippen LogP contribution in [0.2, 0.25) is 0 Å². The molecule has 0 spiro atoms. The van der Waals surface area contributed by atoms with Crippen LogP contribution >= 0.6 is 0 Å². The Kier molecular flexibility index (Phi) is 2.27. The van der Waals surface area contributed by atoms with Crippen molar-refractivity contribution >= 4 is 5.97 Å². The first-order chi connectivity index (χ1) is 6.66. The van der Waals surface area contributed by atoms with E-state index < -0.39 is 5.97 Å². The minimum Gasteiger partial charge on any atom is -0.481 e. The summed E-state index contributed by atoms with van der Waals surface area (Å²) in [6, 6.07) is 0. The first-order valence-corrected chi connectivity index (χ1v) is 4.85. The van der Waals surface area contributed by atoms with Gasteiger partial charge in [-0.05, 0) is 19.8 Å². The van der Waals surface area contributed by atoms with Gasteiger partial charge in [0, 0.05) is 5.92 Å². The number of hydrogen-bond donors (Lipinski definition) is 1. The van der Waals surface area contributed by atoms with E-state index in [9.17, 15) is 4.79 Å². The maximum absolute atomic E-state index is 10.5. The lowest BCUT2D eigenvalue weighted by atomic mass is 9.85. The summed E-state index contributed by atoms with van der Waals surface area (Å²) in [6.45, 7) is 1.77. The third kappa shape index (κ3) is 1.64. The molecule has 0 amide bonds. The Labute approximate surface area is 81.9 Å². The second-order valence-corrected chi connectivity index (χ2v) is 3.75. The minimum absolute atomic E-state index is 0.0396. The lowest BCUT2D eigenvalue weighted by Gasteiger charge is -2.21. The Hall–Kier alpha value is -1.32. The molecular formula is C10H13NO3. The Balaban J connectivity index is 2.16. The first kappa shape index (κ1) is 9.24. The topological polar surface area (TPSA) is 63.3 Å². The number of aliphatic carboxylic acids is 1. The normalized spacial score (nSPS) is 16.6. The lowest BCUT2D eigenvalue weighted by Crippen LogP contribution is -2.09. The monoisotopic (exact) mass is 195 g/mol. The molecule has 1 saturated carbocycles. The third-order valence-electron chi connectivity index (χ3n) is 2.68. The highest BCUT2D eigenvalue weighted by molar-refractivity contribution is 5.69. The van der Waals surface area contributed by atoms with Gasteiger partial charge in [0.15, 0.2) is 5.89 Å². The first-order valence-electron chi connectivity index (χ1n) is 4.85. The van der Waals surface area contributed by atoms with Gasteiger partial charge in [0.25, 0.3) is 0 Å². The van der Waals surface area contributed by atoms with Crippen LogP contribution in [0.1, 0.15) is 42.5 Å². The quantitative estimate of drug-likeness (QED) is 0.799. The number of oxazole rings is 1. The highest BCUT2D eigenvalue weighted by Crippen LogP contribution is 2.36. The van der Waals surface area contributed by atoms with Gasteiger partial charge in [0.1, 0.15) is 5.76 Å². The van der Waals surface area contributed by atoms with Crippen LogP contribution in [0.15, 0.2) is 4.42 Å². The number of rotatable bonds is 3. The number of aromatic nitrogens is 1. The molecule has 0 radical (unpaired) electrons. The molecule has 0 bridgehead atoms. The molecule has 1 aliphatic carbocycles. The zero-order valence-corrected chi connectivity index (χ0v) is 8.12. The molecule has 4 heteroatoms. The summed E-state index contributed by atoms with van der Waals surface area (Å²) in [5, 5.41) is 8.63. The second-order valence-electron chi connectivity index (χ2n) is 3.75. The van der Waals surface area contributed by atoms with Gasteiger partial charge in [0.2, 0.25) is 0 Å². The van der Waals surface area contributed by atoms with Crippen LogP contribution in [-0.2, 0) is 11.2 Å². The predicted octanol–water partition coefficient (Wildman–Crippen LogP) is 1.88. The number of nitrogens with zero attached hydrogens (tertiary/aromatic N) is 1. The molecule has 0 aromatic carbocycles. The molecule has 1 aromatic rings. The fourth-order valence-corrected chi connectivity index (χ4v) is 1.59. The van der Waals surface area contributed by atoms with Crippen molar-refractivity contribution in [2.75, 3.05) is 0 Å². The molecule has 1 N–H and O–H groups in total. The van der Waals surface area contributed by atoms with Crippen molar-refractivity contribution in [2.45, 2.75) is 38.5 Å². The molecular weight excluding hydrogens is 182 g/mol. The van der Waals surface area contributed by atoms with Crippen molar-refractivity contribution in [3.05, 3.63) is 17.3 Å². The van der Waals surface area contributed by atoms with E-state index in [0.717, 1.165) is 18.7 Å². The molecule has 2 rings (SSSR count). The van der Waals surface area contributed by atoms with Gasteiger partial charge in [-0.1, -0.05) is 6.42 Å². The standard InChI is InChI=1S/C10H13NO3/c1-6-8(5-9(12)13)11-10(14-6)7-3-2-4-7/h7H,2-5H2,1H3,(H,12,13). The molecule has 1 heterocycles. The Bertz CT molecular complexity index is 352. The molecule has 0 unspecified atom stereocenters. The van der Waals surface area contributed by atoms with Crippen molar-refractivity contribution in [3.63, 3.8) is 0 Å². The van der Waals surface area contributed by atoms with Crippen molar-refractivity contribution < 1.29 is 14.3 Å². The summed E-state index contributed by atoms with van der Waals surface area (Å²) in [4.78, 5) is 14.7. The van der Waals surface area contributed by atoms with Gasteiger partial charge < -0.3 is 9.52 Å². The summed E-state index contributed by atoms with van der Waals surface area (Å²) in [5.74, 6) is 0.942. The van der Waals surface area contributed by atoms with Crippen LogP contribution in [0, 0.1) is 6.92 Å². The van der Waals surface area contributed by atoms with Gasteiger partial charge >= 0.3 is 5.97 Å². The van der Waals surface area contributed by atoms with E-state index in [1.54, 1.807) is 6.92 Å². The third-order valence-corrected chi connectivity index (χ3v) is 2.68. The summed E-state index contributed by atoms with van der Waals surface area (Å²) in [5.41, 5.74) is 0.569. The van der Waals surface area contributed by atoms with Crippen molar-refractivity contribution in [3.8, 4) is 0 Å². The van der Waals surface area contributed by atoms with Crippen LogP contribution in [0.4, 0.5) is 0 Å². The average Bonchev–Trinajstić information content (AvgIpc) is 2.27. The summed E-state index contributed by atoms with van der Waals surface area (Å²) in [7, 11) is 0. The number of carbonyl (C=O) groups is 1. The number of carboxylic acids is 1. The maximum Gasteiger partial charge on any atom is 0.309 e. The summed E-state index contributed by atoms with van der Waals surface area (Å²) < 4.78 is 5.44. The molecule has 0 aliphatic heterocycles. The van der Waals surface area contributed by atoms with Crippen LogP contribution in [-0.4, -0.2) is 16.1 Å². The molecule has 1 aromatic heterocycles. The molecule has 14 heavy (non-hydrogen) atoms. The Morgan fingerprint density at radius 1 is 1.64 bits per heavy atom. The van der Waals surface area contributed by atoms with E-state index in [1.807, 2.05) is 0 Å². The smallest absolute Gasteiger partial charge is 0.309 e. The van der Waals surface area contributed by atoms with E-state index in [0.29, 0.717) is 17.4 Å². The van der Waals surface area contributed by atoms with E-state index in [2.05, 4.69) is 4.98 Å².